The van der Waals surface area contributed by atoms with Crippen LogP contribution in [0.15, 0.2) is 42.7 Å². The number of rotatable bonds is 6. The Morgan fingerprint density at radius 3 is 2.70 bits per heavy atom. The van der Waals surface area contributed by atoms with Crippen molar-refractivity contribution in [2.45, 2.75) is 5.75 Å². The molecule has 0 aliphatic carbocycles. The minimum atomic E-state index is -0.282. The molecule has 104 valence electrons. The average molecular weight is 288 g/mol. The summed E-state index contributed by atoms with van der Waals surface area (Å²) in [4.78, 5) is 19.5. The van der Waals surface area contributed by atoms with Crippen molar-refractivity contribution in [1.29, 1.82) is 0 Å². The summed E-state index contributed by atoms with van der Waals surface area (Å²) in [6.45, 7) is 0.576. The number of hydrogen-bond donors (Lipinski definition) is 2. The van der Waals surface area contributed by atoms with Crippen LogP contribution >= 0.6 is 11.8 Å². The van der Waals surface area contributed by atoms with E-state index in [0.717, 1.165) is 11.5 Å². The van der Waals surface area contributed by atoms with E-state index in [1.807, 2.05) is 18.2 Å². The first-order valence-electron chi connectivity index (χ1n) is 6.23. The van der Waals surface area contributed by atoms with Crippen LogP contribution in [0.2, 0.25) is 0 Å². The molecule has 0 saturated heterocycles. The van der Waals surface area contributed by atoms with E-state index in [2.05, 4.69) is 27.4 Å². The van der Waals surface area contributed by atoms with Crippen molar-refractivity contribution in [3.8, 4) is 0 Å². The molecule has 0 aliphatic rings. The van der Waals surface area contributed by atoms with E-state index >= 15 is 0 Å². The van der Waals surface area contributed by atoms with Gasteiger partial charge in [-0.15, -0.1) is 0 Å². The molecule has 0 bridgehead atoms. The van der Waals surface area contributed by atoms with E-state index in [1.165, 1.54) is 18.0 Å². The minimum Gasteiger partial charge on any atom is -0.382 e. The van der Waals surface area contributed by atoms with Gasteiger partial charge in [-0.25, -0.2) is 9.97 Å². The minimum absolute atomic E-state index is 0.155. The highest BCUT2D eigenvalue weighted by atomic mass is 32.2. The first-order valence-corrected chi connectivity index (χ1v) is 7.39. The molecule has 2 rings (SSSR count). The molecule has 1 aromatic heterocycles. The van der Waals surface area contributed by atoms with Crippen LogP contribution in [-0.2, 0) is 5.75 Å². The predicted octanol–water partition coefficient (Wildman–Crippen LogP) is 1.72. The van der Waals surface area contributed by atoms with Crippen LogP contribution in [0.1, 0.15) is 16.1 Å². The van der Waals surface area contributed by atoms with Crippen LogP contribution < -0.4 is 11.1 Å². The molecule has 3 N–H and O–H groups in total. The Kier molecular flexibility index (Phi) is 5.37. The largest absolute Gasteiger partial charge is 0.382 e. The van der Waals surface area contributed by atoms with Crippen LogP contribution in [-0.4, -0.2) is 28.2 Å². The Hall–Kier alpha value is -2.08. The fraction of sp³-hybridized carbons (Fsp3) is 0.214. The molecule has 1 aromatic carbocycles. The molecule has 0 fully saturated rings. The van der Waals surface area contributed by atoms with Crippen molar-refractivity contribution >= 4 is 23.5 Å². The number of nitrogens with one attached hydrogen (secondary N) is 1. The first kappa shape index (κ1) is 14.3. The molecule has 0 unspecified atom stereocenters. The van der Waals surface area contributed by atoms with Gasteiger partial charge in [0, 0.05) is 30.4 Å². The van der Waals surface area contributed by atoms with Gasteiger partial charge in [0.2, 0.25) is 0 Å². The SMILES string of the molecule is Nc1nccnc1C(=O)NCCSCc1ccccc1. The second kappa shape index (κ2) is 7.49. The molecule has 1 heterocycles. The molecule has 0 aliphatic heterocycles. The van der Waals surface area contributed by atoms with Crippen molar-refractivity contribution in [2.75, 3.05) is 18.0 Å². The zero-order valence-electron chi connectivity index (χ0n) is 11.0. The number of amides is 1. The molecule has 5 nitrogen and oxygen atoms in total. The molecule has 0 radical (unpaired) electrons. The summed E-state index contributed by atoms with van der Waals surface area (Å²) in [5, 5.41) is 2.78. The second-order valence-corrected chi connectivity index (χ2v) is 5.19. The lowest BCUT2D eigenvalue weighted by molar-refractivity contribution is 0.0952. The highest BCUT2D eigenvalue weighted by Crippen LogP contribution is 2.10. The van der Waals surface area contributed by atoms with Gasteiger partial charge in [-0.2, -0.15) is 11.8 Å². The number of carbonyl (C=O) groups excluding carboxylic acids is 1. The Bertz CT molecular complexity index is 562. The maximum absolute atomic E-state index is 11.8. The summed E-state index contributed by atoms with van der Waals surface area (Å²) >= 11 is 1.77. The Morgan fingerprint density at radius 1 is 1.20 bits per heavy atom. The molecule has 1 amide bonds. The number of thioether (sulfide) groups is 1. The number of aromatic nitrogens is 2. The normalized spacial score (nSPS) is 10.2. The van der Waals surface area contributed by atoms with E-state index in [9.17, 15) is 4.79 Å². The van der Waals surface area contributed by atoms with Gasteiger partial charge in [-0.05, 0) is 5.56 Å². The molecule has 0 atom stereocenters. The Morgan fingerprint density at radius 2 is 1.95 bits per heavy atom. The lowest BCUT2D eigenvalue weighted by Crippen LogP contribution is -2.27. The predicted molar refractivity (Wildman–Crippen MR) is 81.4 cm³/mol. The van der Waals surface area contributed by atoms with Gasteiger partial charge in [0.25, 0.3) is 5.91 Å². The van der Waals surface area contributed by atoms with Crippen molar-refractivity contribution < 1.29 is 4.79 Å². The molecule has 0 spiro atoms. The summed E-state index contributed by atoms with van der Waals surface area (Å²) in [5.74, 6) is 1.64. The number of nitrogens with two attached hydrogens (primary N) is 1. The van der Waals surface area contributed by atoms with Crippen molar-refractivity contribution in [3.63, 3.8) is 0 Å². The van der Waals surface area contributed by atoms with Crippen LogP contribution in [0.5, 0.6) is 0 Å². The Balaban J connectivity index is 1.69. The zero-order valence-corrected chi connectivity index (χ0v) is 11.8. The summed E-state index contributed by atoms with van der Waals surface area (Å²) in [7, 11) is 0. The van der Waals surface area contributed by atoms with Crippen LogP contribution in [0, 0.1) is 0 Å². The zero-order chi connectivity index (χ0) is 14.2. The van der Waals surface area contributed by atoms with E-state index in [1.54, 1.807) is 11.8 Å². The number of benzene rings is 1. The van der Waals surface area contributed by atoms with Gasteiger partial charge in [0.15, 0.2) is 11.5 Å². The molecular formula is C14H16N4OS. The Labute approximate surface area is 122 Å². The standard InChI is InChI=1S/C14H16N4OS/c15-13-12(16-6-7-17-13)14(19)18-8-9-20-10-11-4-2-1-3-5-11/h1-7H,8-10H2,(H2,15,17)(H,18,19). The topological polar surface area (TPSA) is 80.9 Å². The summed E-state index contributed by atoms with van der Waals surface area (Å²) < 4.78 is 0. The molecule has 0 saturated carbocycles. The maximum atomic E-state index is 11.8. The smallest absolute Gasteiger partial charge is 0.273 e. The lowest BCUT2D eigenvalue weighted by atomic mass is 10.2. The number of nitrogens with zero attached hydrogens (tertiary/aromatic N) is 2. The highest BCUT2D eigenvalue weighted by Gasteiger charge is 2.10. The fourth-order valence-electron chi connectivity index (χ4n) is 1.61. The summed E-state index contributed by atoms with van der Waals surface area (Å²) in [5.41, 5.74) is 7.05. The monoisotopic (exact) mass is 288 g/mol. The third-order valence-electron chi connectivity index (χ3n) is 2.59. The maximum Gasteiger partial charge on any atom is 0.273 e. The summed E-state index contributed by atoms with van der Waals surface area (Å²) in [6.07, 6.45) is 2.91. The number of hydrogen-bond acceptors (Lipinski definition) is 5. The van der Waals surface area contributed by atoms with E-state index in [0.29, 0.717) is 6.54 Å². The first-order chi connectivity index (χ1) is 9.77. The third kappa shape index (κ3) is 4.24. The van der Waals surface area contributed by atoms with Gasteiger partial charge in [0.05, 0.1) is 0 Å². The second-order valence-electron chi connectivity index (χ2n) is 4.08. The van der Waals surface area contributed by atoms with Gasteiger partial charge >= 0.3 is 0 Å². The average Bonchev–Trinajstić information content (AvgIpc) is 2.48. The van der Waals surface area contributed by atoms with Gasteiger partial charge < -0.3 is 11.1 Å². The molecule has 20 heavy (non-hydrogen) atoms. The lowest BCUT2D eigenvalue weighted by Gasteiger charge is -2.06. The van der Waals surface area contributed by atoms with Crippen LogP contribution in [0.25, 0.3) is 0 Å². The van der Waals surface area contributed by atoms with Gasteiger partial charge in [-0.3, -0.25) is 4.79 Å². The van der Waals surface area contributed by atoms with Crippen molar-refractivity contribution in [3.05, 3.63) is 54.0 Å². The molecule has 6 heteroatoms. The van der Waals surface area contributed by atoms with Crippen molar-refractivity contribution in [1.82, 2.24) is 15.3 Å². The van der Waals surface area contributed by atoms with E-state index in [4.69, 9.17) is 5.73 Å². The van der Waals surface area contributed by atoms with E-state index in [-0.39, 0.29) is 17.4 Å². The highest BCUT2D eigenvalue weighted by molar-refractivity contribution is 7.98. The third-order valence-corrected chi connectivity index (χ3v) is 3.62. The number of nitrogen functional groups attached to an aromatic ring is 1. The van der Waals surface area contributed by atoms with E-state index < -0.39 is 0 Å². The summed E-state index contributed by atoms with van der Waals surface area (Å²) in [6, 6.07) is 10.2. The quantitative estimate of drug-likeness (QED) is 0.791. The van der Waals surface area contributed by atoms with Crippen LogP contribution in [0.4, 0.5) is 5.82 Å². The van der Waals surface area contributed by atoms with Gasteiger partial charge in [-0.1, -0.05) is 30.3 Å². The molecule has 2 aromatic rings. The van der Waals surface area contributed by atoms with Gasteiger partial charge in [0.1, 0.15) is 0 Å². The number of anilines is 1. The molecular weight excluding hydrogens is 272 g/mol. The fourth-order valence-corrected chi connectivity index (χ4v) is 2.43. The number of carbonyl (C=O) groups is 1. The van der Waals surface area contributed by atoms with Crippen molar-refractivity contribution in [2.24, 2.45) is 0 Å². The van der Waals surface area contributed by atoms with Crippen LogP contribution in [0.3, 0.4) is 0 Å².